The van der Waals surface area contributed by atoms with Crippen LogP contribution in [0.2, 0.25) is 0 Å². The zero-order valence-electron chi connectivity index (χ0n) is 14.5. The van der Waals surface area contributed by atoms with E-state index >= 15 is 0 Å². The fourth-order valence-electron chi connectivity index (χ4n) is 3.48. The summed E-state index contributed by atoms with van der Waals surface area (Å²) in [6, 6.07) is 4.13. The lowest BCUT2D eigenvalue weighted by molar-refractivity contribution is 0.233. The van der Waals surface area contributed by atoms with E-state index in [9.17, 15) is 13.6 Å². The maximum Gasteiger partial charge on any atom is 0.315 e. The number of benzene rings is 1. The van der Waals surface area contributed by atoms with Gasteiger partial charge in [-0.25, -0.2) is 13.6 Å². The van der Waals surface area contributed by atoms with Gasteiger partial charge in [0.1, 0.15) is 0 Å². The molecule has 1 aromatic carbocycles. The van der Waals surface area contributed by atoms with Gasteiger partial charge in [0.2, 0.25) is 0 Å². The molecule has 0 radical (unpaired) electrons. The summed E-state index contributed by atoms with van der Waals surface area (Å²) in [5.41, 5.74) is 6.87. The minimum absolute atomic E-state index is 0.0299. The molecule has 2 saturated heterocycles. The van der Waals surface area contributed by atoms with E-state index < -0.39 is 11.6 Å². The summed E-state index contributed by atoms with van der Waals surface area (Å²) < 4.78 is 26.4. The van der Waals surface area contributed by atoms with Crippen molar-refractivity contribution in [2.75, 3.05) is 24.5 Å². The monoisotopic (exact) mass is 353 g/mol. The minimum Gasteiger partial charge on any atom is -0.371 e. The normalized spacial score (nSPS) is 29.0. The Labute approximate surface area is 146 Å². The van der Waals surface area contributed by atoms with Crippen LogP contribution in [0.1, 0.15) is 20.3 Å². The van der Waals surface area contributed by atoms with Gasteiger partial charge in [0, 0.05) is 43.5 Å². The first kappa shape index (κ1) is 17.9. The van der Waals surface area contributed by atoms with E-state index in [1.807, 2.05) is 18.7 Å². The van der Waals surface area contributed by atoms with Crippen LogP contribution in [0.3, 0.4) is 0 Å². The highest BCUT2D eigenvalue weighted by molar-refractivity contribution is 5.74. The molecule has 3 rings (SSSR count). The van der Waals surface area contributed by atoms with Crippen LogP contribution in [0.5, 0.6) is 0 Å². The first-order valence-electron chi connectivity index (χ1n) is 8.69. The van der Waals surface area contributed by atoms with Crippen LogP contribution in [0, 0.1) is 17.6 Å². The number of hydrogen-bond donors (Lipinski definition) is 4. The van der Waals surface area contributed by atoms with Gasteiger partial charge < -0.3 is 15.5 Å². The summed E-state index contributed by atoms with van der Waals surface area (Å²) >= 11 is 0. The van der Waals surface area contributed by atoms with Crippen molar-refractivity contribution in [2.24, 2.45) is 5.92 Å². The Morgan fingerprint density at radius 2 is 1.96 bits per heavy atom. The van der Waals surface area contributed by atoms with E-state index in [4.69, 9.17) is 0 Å². The molecule has 2 amide bonds. The average molecular weight is 353 g/mol. The molecule has 6 nitrogen and oxygen atoms in total. The molecular formula is C17H25F2N5O. The Balaban J connectivity index is 1.45. The van der Waals surface area contributed by atoms with Crippen molar-refractivity contribution in [2.45, 2.75) is 38.4 Å². The van der Waals surface area contributed by atoms with Crippen molar-refractivity contribution in [3.8, 4) is 0 Å². The van der Waals surface area contributed by atoms with Crippen molar-refractivity contribution in [1.29, 1.82) is 0 Å². The Morgan fingerprint density at radius 1 is 1.24 bits per heavy atom. The molecule has 2 heterocycles. The molecule has 2 aliphatic heterocycles. The summed E-state index contributed by atoms with van der Waals surface area (Å²) in [6.45, 7) is 6.06. The lowest BCUT2D eigenvalue weighted by atomic mass is 10.1. The Morgan fingerprint density at radius 3 is 2.64 bits per heavy atom. The molecular weight excluding hydrogens is 328 g/mol. The number of nitrogens with one attached hydrogen (secondary N) is 4. The summed E-state index contributed by atoms with van der Waals surface area (Å²) in [6.07, 6.45) is 0.901. The predicted molar refractivity (Wildman–Crippen MR) is 92.2 cm³/mol. The maximum absolute atomic E-state index is 13.4. The molecule has 1 aromatic rings. The van der Waals surface area contributed by atoms with E-state index in [2.05, 4.69) is 21.5 Å². The third-order valence-electron chi connectivity index (χ3n) is 5.02. The van der Waals surface area contributed by atoms with Crippen LogP contribution >= 0.6 is 0 Å². The van der Waals surface area contributed by atoms with Gasteiger partial charge in [0.05, 0.1) is 6.04 Å². The van der Waals surface area contributed by atoms with Crippen molar-refractivity contribution < 1.29 is 13.6 Å². The molecule has 4 N–H and O–H groups in total. The highest BCUT2D eigenvalue weighted by Gasteiger charge is 2.31. The molecule has 2 fully saturated rings. The van der Waals surface area contributed by atoms with Crippen LogP contribution in [-0.2, 0) is 0 Å². The van der Waals surface area contributed by atoms with E-state index in [-0.39, 0.29) is 30.1 Å². The number of rotatable bonds is 4. The molecule has 8 heteroatoms. The summed E-state index contributed by atoms with van der Waals surface area (Å²) in [4.78, 5) is 14.1. The number of carbonyl (C=O) groups excluding carboxylic acids is 1. The zero-order chi connectivity index (χ0) is 18.0. The second-order valence-electron chi connectivity index (χ2n) is 6.95. The van der Waals surface area contributed by atoms with Crippen molar-refractivity contribution in [1.82, 2.24) is 21.5 Å². The zero-order valence-corrected chi connectivity index (χ0v) is 14.5. The molecule has 0 aliphatic carbocycles. The SMILES string of the molecule is CC1NNC(C)C1NC(=O)NCC1CCN(c2ccc(F)c(F)c2)C1. The van der Waals surface area contributed by atoms with Gasteiger partial charge in [0.25, 0.3) is 0 Å². The Bertz CT molecular complexity index is 619. The average Bonchev–Trinajstić information content (AvgIpc) is 3.18. The van der Waals surface area contributed by atoms with Crippen LogP contribution < -0.4 is 26.4 Å². The number of anilines is 1. The molecule has 3 unspecified atom stereocenters. The second-order valence-corrected chi connectivity index (χ2v) is 6.95. The smallest absolute Gasteiger partial charge is 0.315 e. The van der Waals surface area contributed by atoms with Crippen LogP contribution in [0.4, 0.5) is 19.3 Å². The van der Waals surface area contributed by atoms with Gasteiger partial charge in [-0.05, 0) is 38.3 Å². The van der Waals surface area contributed by atoms with E-state index in [0.29, 0.717) is 18.8 Å². The van der Waals surface area contributed by atoms with E-state index in [0.717, 1.165) is 19.0 Å². The minimum atomic E-state index is -0.836. The van der Waals surface area contributed by atoms with Crippen LogP contribution in [0.15, 0.2) is 18.2 Å². The first-order valence-corrected chi connectivity index (χ1v) is 8.69. The second kappa shape index (κ2) is 7.53. The number of carbonyl (C=O) groups is 1. The number of hydrogen-bond acceptors (Lipinski definition) is 4. The summed E-state index contributed by atoms with van der Waals surface area (Å²) in [5, 5.41) is 5.90. The molecule has 0 aromatic heterocycles. The highest BCUT2D eigenvalue weighted by atomic mass is 19.2. The molecule has 0 bridgehead atoms. The number of hydrazine groups is 1. The molecule has 3 atom stereocenters. The van der Waals surface area contributed by atoms with E-state index in [1.54, 1.807) is 6.07 Å². The van der Waals surface area contributed by atoms with Gasteiger partial charge in [-0.1, -0.05) is 0 Å². The standard InChI is InChI=1S/C17H25F2N5O/c1-10-16(11(2)23-22-10)21-17(25)20-8-12-5-6-24(9-12)13-3-4-14(18)15(19)7-13/h3-4,7,10-12,16,22-23H,5-6,8-9H2,1-2H3,(H2,20,21,25). The maximum atomic E-state index is 13.4. The van der Waals surface area contributed by atoms with Crippen molar-refractivity contribution in [3.63, 3.8) is 0 Å². The van der Waals surface area contributed by atoms with Crippen LogP contribution in [0.25, 0.3) is 0 Å². The Hall–Kier alpha value is -1.93. The molecule has 138 valence electrons. The van der Waals surface area contributed by atoms with Gasteiger partial charge >= 0.3 is 6.03 Å². The first-order chi connectivity index (χ1) is 11.9. The predicted octanol–water partition coefficient (Wildman–Crippen LogP) is 1.34. The Kier molecular flexibility index (Phi) is 5.39. The number of nitrogens with zero attached hydrogens (tertiary/aromatic N) is 1. The largest absolute Gasteiger partial charge is 0.371 e. The lowest BCUT2D eigenvalue weighted by Crippen LogP contribution is -2.50. The highest BCUT2D eigenvalue weighted by Crippen LogP contribution is 2.25. The van der Waals surface area contributed by atoms with Crippen LogP contribution in [-0.4, -0.2) is 43.8 Å². The number of halogens is 2. The lowest BCUT2D eigenvalue weighted by Gasteiger charge is -2.21. The fraction of sp³-hybridized carbons (Fsp3) is 0.588. The fourth-order valence-corrected chi connectivity index (χ4v) is 3.48. The van der Waals surface area contributed by atoms with Gasteiger partial charge in [0.15, 0.2) is 11.6 Å². The van der Waals surface area contributed by atoms with Crippen molar-refractivity contribution in [3.05, 3.63) is 29.8 Å². The third kappa shape index (κ3) is 4.19. The van der Waals surface area contributed by atoms with Crippen molar-refractivity contribution >= 4 is 11.7 Å². The molecule has 25 heavy (non-hydrogen) atoms. The number of urea groups is 1. The third-order valence-corrected chi connectivity index (χ3v) is 5.02. The van der Waals surface area contributed by atoms with Gasteiger partial charge in [-0.15, -0.1) is 0 Å². The quantitative estimate of drug-likeness (QED) is 0.660. The molecule has 2 aliphatic rings. The summed E-state index contributed by atoms with van der Waals surface area (Å²) in [7, 11) is 0. The number of amides is 2. The molecule has 0 spiro atoms. The summed E-state index contributed by atoms with van der Waals surface area (Å²) in [5.74, 6) is -1.38. The molecule has 0 saturated carbocycles. The van der Waals surface area contributed by atoms with E-state index in [1.165, 1.54) is 6.07 Å². The van der Waals surface area contributed by atoms with Gasteiger partial charge in [-0.2, -0.15) is 0 Å². The topological polar surface area (TPSA) is 68.4 Å². The van der Waals surface area contributed by atoms with Gasteiger partial charge in [-0.3, -0.25) is 10.9 Å².